The standard InChI is InChI=1S/C8H16ClNO2/c1-6(4-9)8(12)10(3)5-7(2)11/h6-7,11H,4-5H2,1-3H3. The number of hydrogen-bond donors (Lipinski definition) is 1. The SMILES string of the molecule is CC(O)CN(C)C(=O)C(C)CCl. The number of carbonyl (C=O) groups is 1. The number of amides is 1. The van der Waals surface area contributed by atoms with Crippen LogP contribution in [0.2, 0.25) is 0 Å². The number of alkyl halides is 1. The van der Waals surface area contributed by atoms with Gasteiger partial charge in [0.2, 0.25) is 5.91 Å². The molecule has 12 heavy (non-hydrogen) atoms. The van der Waals surface area contributed by atoms with Crippen LogP contribution < -0.4 is 0 Å². The van der Waals surface area contributed by atoms with Crippen molar-refractivity contribution in [3.63, 3.8) is 0 Å². The van der Waals surface area contributed by atoms with Crippen LogP contribution in [0.1, 0.15) is 13.8 Å². The van der Waals surface area contributed by atoms with Gasteiger partial charge in [-0.1, -0.05) is 6.92 Å². The number of aliphatic hydroxyl groups is 1. The fraction of sp³-hybridized carbons (Fsp3) is 0.875. The molecule has 72 valence electrons. The summed E-state index contributed by atoms with van der Waals surface area (Å²) in [5.74, 6) is 0.129. The number of halogens is 1. The highest BCUT2D eigenvalue weighted by Crippen LogP contribution is 2.03. The van der Waals surface area contributed by atoms with Crippen molar-refractivity contribution in [1.82, 2.24) is 4.90 Å². The molecule has 0 heterocycles. The zero-order valence-corrected chi connectivity index (χ0v) is 8.51. The summed E-state index contributed by atoms with van der Waals surface area (Å²) in [4.78, 5) is 12.8. The summed E-state index contributed by atoms with van der Waals surface area (Å²) in [5.41, 5.74) is 0. The largest absolute Gasteiger partial charge is 0.392 e. The summed E-state index contributed by atoms with van der Waals surface area (Å²) >= 11 is 5.52. The lowest BCUT2D eigenvalue weighted by Gasteiger charge is -2.21. The van der Waals surface area contributed by atoms with E-state index in [2.05, 4.69) is 0 Å². The molecule has 0 aliphatic rings. The minimum atomic E-state index is -0.485. The summed E-state index contributed by atoms with van der Waals surface area (Å²) in [6.45, 7) is 3.78. The first-order chi connectivity index (χ1) is 5.49. The number of aliphatic hydroxyl groups excluding tert-OH is 1. The Morgan fingerprint density at radius 3 is 2.42 bits per heavy atom. The van der Waals surface area contributed by atoms with Crippen LogP contribution in [0.25, 0.3) is 0 Å². The van der Waals surface area contributed by atoms with Gasteiger partial charge in [0.1, 0.15) is 0 Å². The summed E-state index contributed by atoms with van der Waals surface area (Å²) in [6.07, 6.45) is -0.485. The quantitative estimate of drug-likeness (QED) is 0.668. The van der Waals surface area contributed by atoms with E-state index in [0.717, 1.165) is 0 Å². The van der Waals surface area contributed by atoms with E-state index in [1.54, 1.807) is 20.9 Å². The van der Waals surface area contributed by atoms with Crippen LogP contribution in [0.3, 0.4) is 0 Å². The third-order valence-corrected chi connectivity index (χ3v) is 2.03. The van der Waals surface area contributed by atoms with E-state index in [1.165, 1.54) is 4.90 Å². The second kappa shape index (κ2) is 5.38. The van der Waals surface area contributed by atoms with Gasteiger partial charge in [-0.15, -0.1) is 11.6 Å². The number of nitrogens with zero attached hydrogens (tertiary/aromatic N) is 1. The van der Waals surface area contributed by atoms with Gasteiger partial charge < -0.3 is 10.0 Å². The summed E-state index contributed by atoms with van der Waals surface area (Å²) < 4.78 is 0. The van der Waals surface area contributed by atoms with Crippen molar-refractivity contribution in [2.75, 3.05) is 19.5 Å². The van der Waals surface area contributed by atoms with E-state index in [9.17, 15) is 4.79 Å². The number of hydrogen-bond acceptors (Lipinski definition) is 2. The van der Waals surface area contributed by atoms with Crippen molar-refractivity contribution >= 4 is 17.5 Å². The minimum Gasteiger partial charge on any atom is -0.392 e. The van der Waals surface area contributed by atoms with Crippen molar-refractivity contribution in [1.29, 1.82) is 0 Å². The molecule has 0 aromatic carbocycles. The summed E-state index contributed by atoms with van der Waals surface area (Å²) in [7, 11) is 1.66. The monoisotopic (exact) mass is 193 g/mol. The van der Waals surface area contributed by atoms with E-state index in [4.69, 9.17) is 16.7 Å². The maximum atomic E-state index is 11.3. The molecule has 0 fully saturated rings. The van der Waals surface area contributed by atoms with E-state index in [1.807, 2.05) is 0 Å². The Bertz CT molecular complexity index is 150. The Labute approximate surface area is 78.3 Å². The van der Waals surface area contributed by atoms with Crippen LogP contribution in [0.5, 0.6) is 0 Å². The Kier molecular flexibility index (Phi) is 5.25. The lowest BCUT2D eigenvalue weighted by Crippen LogP contribution is -2.37. The molecule has 0 aliphatic carbocycles. The topological polar surface area (TPSA) is 40.5 Å². The van der Waals surface area contributed by atoms with Crippen LogP contribution >= 0.6 is 11.6 Å². The fourth-order valence-electron chi connectivity index (χ4n) is 0.929. The van der Waals surface area contributed by atoms with Gasteiger partial charge in [-0.05, 0) is 6.92 Å². The van der Waals surface area contributed by atoms with Gasteiger partial charge in [0.05, 0.1) is 6.10 Å². The third kappa shape index (κ3) is 3.93. The maximum Gasteiger partial charge on any atom is 0.226 e. The van der Waals surface area contributed by atoms with Crippen LogP contribution in [-0.4, -0.2) is 41.5 Å². The minimum absolute atomic E-state index is 0.0223. The van der Waals surface area contributed by atoms with Crippen molar-refractivity contribution in [2.45, 2.75) is 20.0 Å². The molecule has 0 saturated heterocycles. The van der Waals surface area contributed by atoms with E-state index < -0.39 is 6.10 Å². The molecule has 0 saturated carbocycles. The molecule has 0 rings (SSSR count). The van der Waals surface area contributed by atoms with Gasteiger partial charge in [0.15, 0.2) is 0 Å². The first-order valence-corrected chi connectivity index (χ1v) is 4.51. The van der Waals surface area contributed by atoms with Crippen LogP contribution in [0.15, 0.2) is 0 Å². The lowest BCUT2D eigenvalue weighted by molar-refractivity contribution is -0.134. The molecule has 2 atom stereocenters. The van der Waals surface area contributed by atoms with E-state index in [-0.39, 0.29) is 11.8 Å². The smallest absolute Gasteiger partial charge is 0.226 e. The first-order valence-electron chi connectivity index (χ1n) is 3.98. The molecule has 0 bridgehead atoms. The van der Waals surface area contributed by atoms with Crippen molar-refractivity contribution in [3.8, 4) is 0 Å². The number of rotatable bonds is 4. The molecular formula is C8H16ClNO2. The van der Waals surface area contributed by atoms with Gasteiger partial charge in [-0.2, -0.15) is 0 Å². The van der Waals surface area contributed by atoms with Gasteiger partial charge in [-0.25, -0.2) is 0 Å². The Hall–Kier alpha value is -0.280. The Morgan fingerprint density at radius 2 is 2.08 bits per heavy atom. The molecule has 0 radical (unpaired) electrons. The molecule has 0 aromatic rings. The molecule has 0 spiro atoms. The zero-order valence-electron chi connectivity index (χ0n) is 7.75. The maximum absolute atomic E-state index is 11.3. The molecule has 4 heteroatoms. The molecule has 1 N–H and O–H groups in total. The van der Waals surface area contributed by atoms with Crippen LogP contribution in [-0.2, 0) is 4.79 Å². The first kappa shape index (κ1) is 11.7. The lowest BCUT2D eigenvalue weighted by atomic mass is 10.2. The Balaban J connectivity index is 3.92. The van der Waals surface area contributed by atoms with Crippen molar-refractivity contribution < 1.29 is 9.90 Å². The molecule has 2 unspecified atom stereocenters. The predicted octanol–water partition coefficient (Wildman–Crippen LogP) is 0.700. The van der Waals surface area contributed by atoms with Crippen LogP contribution in [0.4, 0.5) is 0 Å². The molecule has 3 nitrogen and oxygen atoms in total. The van der Waals surface area contributed by atoms with Gasteiger partial charge >= 0.3 is 0 Å². The highest BCUT2D eigenvalue weighted by molar-refractivity contribution is 6.19. The van der Waals surface area contributed by atoms with Gasteiger partial charge in [-0.3, -0.25) is 4.79 Å². The van der Waals surface area contributed by atoms with Gasteiger partial charge in [0.25, 0.3) is 0 Å². The molecule has 0 aliphatic heterocycles. The normalized spacial score (nSPS) is 15.4. The van der Waals surface area contributed by atoms with E-state index >= 15 is 0 Å². The second-order valence-corrected chi connectivity index (χ2v) is 3.43. The fourth-order valence-corrected chi connectivity index (χ4v) is 1.06. The number of likely N-dealkylation sites (N-methyl/N-ethyl adjacent to an activating group) is 1. The highest BCUT2D eigenvalue weighted by atomic mass is 35.5. The Morgan fingerprint density at radius 1 is 1.58 bits per heavy atom. The van der Waals surface area contributed by atoms with Crippen molar-refractivity contribution in [3.05, 3.63) is 0 Å². The average molecular weight is 194 g/mol. The highest BCUT2D eigenvalue weighted by Gasteiger charge is 2.16. The molecular weight excluding hydrogens is 178 g/mol. The molecule has 0 aromatic heterocycles. The average Bonchev–Trinajstić information content (AvgIpc) is 2.00. The van der Waals surface area contributed by atoms with Gasteiger partial charge in [0, 0.05) is 25.4 Å². The molecule has 1 amide bonds. The van der Waals surface area contributed by atoms with Crippen LogP contribution in [0, 0.1) is 5.92 Å². The second-order valence-electron chi connectivity index (χ2n) is 3.12. The third-order valence-electron chi connectivity index (χ3n) is 1.57. The van der Waals surface area contributed by atoms with Crippen molar-refractivity contribution in [2.24, 2.45) is 5.92 Å². The zero-order chi connectivity index (χ0) is 9.72. The predicted molar refractivity (Wildman–Crippen MR) is 49.2 cm³/mol. The summed E-state index contributed by atoms with van der Waals surface area (Å²) in [5, 5.41) is 9.00. The number of carbonyl (C=O) groups excluding carboxylic acids is 1. The van der Waals surface area contributed by atoms with E-state index in [0.29, 0.717) is 12.4 Å². The summed E-state index contributed by atoms with van der Waals surface area (Å²) in [6, 6.07) is 0.